The SMILES string of the molecule is COc1cc(OC)c(CN2CCC3(CC2)C(=O)N(CC2CCC2)C(=O)N3CCc2ccccc2)c(OC)c1. The molecule has 2 heterocycles. The summed E-state index contributed by atoms with van der Waals surface area (Å²) in [5, 5.41) is 0. The molecule has 0 radical (unpaired) electrons. The third-order valence-electron chi connectivity index (χ3n) is 8.64. The Morgan fingerprint density at radius 2 is 1.58 bits per heavy atom. The van der Waals surface area contributed by atoms with Crippen molar-refractivity contribution in [2.45, 2.75) is 50.6 Å². The molecule has 204 valence electrons. The highest BCUT2D eigenvalue weighted by atomic mass is 16.5. The summed E-state index contributed by atoms with van der Waals surface area (Å²) in [6.45, 7) is 3.15. The topological polar surface area (TPSA) is 71.6 Å². The third kappa shape index (κ3) is 4.94. The lowest BCUT2D eigenvalue weighted by Crippen LogP contribution is -2.56. The Labute approximate surface area is 225 Å². The van der Waals surface area contributed by atoms with Crippen molar-refractivity contribution in [1.82, 2.24) is 14.7 Å². The molecule has 3 fully saturated rings. The van der Waals surface area contributed by atoms with Gasteiger partial charge >= 0.3 is 6.03 Å². The first-order chi connectivity index (χ1) is 18.5. The normalized spacial score (nSPS) is 19.7. The fraction of sp³-hybridized carbons (Fsp3) is 0.533. The molecule has 0 N–H and O–H groups in total. The van der Waals surface area contributed by atoms with E-state index in [1.807, 2.05) is 35.2 Å². The molecule has 2 saturated heterocycles. The van der Waals surface area contributed by atoms with Crippen LogP contribution in [0, 0.1) is 5.92 Å². The van der Waals surface area contributed by atoms with E-state index in [-0.39, 0.29) is 11.9 Å². The second-order valence-corrected chi connectivity index (χ2v) is 10.7. The number of imide groups is 1. The molecule has 0 aromatic heterocycles. The Morgan fingerprint density at radius 3 is 2.13 bits per heavy atom. The second-order valence-electron chi connectivity index (χ2n) is 10.7. The van der Waals surface area contributed by atoms with Gasteiger partial charge in [-0.05, 0) is 43.6 Å². The van der Waals surface area contributed by atoms with Crippen LogP contribution in [-0.2, 0) is 17.8 Å². The highest BCUT2D eigenvalue weighted by molar-refractivity contribution is 6.07. The van der Waals surface area contributed by atoms with E-state index in [1.54, 1.807) is 26.2 Å². The summed E-state index contributed by atoms with van der Waals surface area (Å²) in [5.74, 6) is 2.55. The van der Waals surface area contributed by atoms with Crippen LogP contribution < -0.4 is 14.2 Å². The smallest absolute Gasteiger partial charge is 0.327 e. The van der Waals surface area contributed by atoms with Gasteiger partial charge in [-0.1, -0.05) is 36.8 Å². The lowest BCUT2D eigenvalue weighted by atomic mass is 9.83. The Bertz CT molecular complexity index is 1120. The van der Waals surface area contributed by atoms with Crippen molar-refractivity contribution in [2.24, 2.45) is 5.92 Å². The number of likely N-dealkylation sites (tertiary alicyclic amines) is 1. The summed E-state index contributed by atoms with van der Waals surface area (Å²) in [6.07, 6.45) is 5.38. The van der Waals surface area contributed by atoms with Crippen molar-refractivity contribution in [3.8, 4) is 17.2 Å². The fourth-order valence-electron chi connectivity index (χ4n) is 6.09. The average Bonchev–Trinajstić information content (AvgIpc) is 3.11. The molecule has 8 nitrogen and oxygen atoms in total. The molecule has 3 amide bonds. The van der Waals surface area contributed by atoms with Crippen LogP contribution in [0.2, 0.25) is 0 Å². The van der Waals surface area contributed by atoms with E-state index < -0.39 is 5.54 Å². The van der Waals surface area contributed by atoms with Crippen LogP contribution in [0.3, 0.4) is 0 Å². The number of benzene rings is 2. The van der Waals surface area contributed by atoms with Gasteiger partial charge in [-0.15, -0.1) is 0 Å². The summed E-state index contributed by atoms with van der Waals surface area (Å²) < 4.78 is 16.7. The molecule has 2 aromatic rings. The molecule has 0 atom stereocenters. The van der Waals surface area contributed by atoms with Gasteiger partial charge in [0.25, 0.3) is 5.91 Å². The number of ether oxygens (including phenoxy) is 3. The van der Waals surface area contributed by atoms with E-state index in [0.717, 1.165) is 24.8 Å². The quantitative estimate of drug-likeness (QED) is 0.433. The standard InChI is InChI=1S/C30H39N3O5/c1-36-24-18-26(37-2)25(27(19-24)38-3)21-31-16-13-30(14-17-31)28(34)32(20-23-10-7-11-23)29(35)33(30)15-12-22-8-5-4-6-9-22/h4-6,8-9,18-19,23H,7,10-17,20-21H2,1-3H3. The minimum Gasteiger partial charge on any atom is -0.496 e. The molecule has 0 unspecified atom stereocenters. The lowest BCUT2D eigenvalue weighted by molar-refractivity contribution is -0.136. The zero-order chi connectivity index (χ0) is 26.7. The van der Waals surface area contributed by atoms with Crippen molar-refractivity contribution in [3.05, 3.63) is 53.6 Å². The number of piperidine rings is 1. The van der Waals surface area contributed by atoms with E-state index >= 15 is 0 Å². The number of nitrogens with zero attached hydrogens (tertiary/aromatic N) is 3. The zero-order valence-electron chi connectivity index (χ0n) is 22.8. The number of carbonyl (C=O) groups is 2. The summed E-state index contributed by atoms with van der Waals surface area (Å²) in [5.41, 5.74) is 1.37. The van der Waals surface area contributed by atoms with Gasteiger partial charge in [-0.3, -0.25) is 14.6 Å². The van der Waals surface area contributed by atoms with Gasteiger partial charge in [0.05, 0.1) is 26.9 Å². The van der Waals surface area contributed by atoms with Crippen molar-refractivity contribution in [1.29, 1.82) is 0 Å². The monoisotopic (exact) mass is 521 g/mol. The molecular weight excluding hydrogens is 482 g/mol. The van der Waals surface area contributed by atoms with E-state index in [4.69, 9.17) is 14.2 Å². The summed E-state index contributed by atoms with van der Waals surface area (Å²) in [6, 6.07) is 13.8. The zero-order valence-corrected chi connectivity index (χ0v) is 22.8. The number of rotatable bonds is 10. The van der Waals surface area contributed by atoms with Crippen molar-refractivity contribution in [3.63, 3.8) is 0 Å². The Morgan fingerprint density at radius 1 is 0.921 bits per heavy atom. The molecule has 8 heteroatoms. The number of amides is 3. The van der Waals surface area contributed by atoms with E-state index in [1.165, 1.54) is 12.0 Å². The first kappa shape index (κ1) is 26.4. The van der Waals surface area contributed by atoms with Crippen LogP contribution in [0.1, 0.15) is 43.2 Å². The molecule has 1 spiro atoms. The van der Waals surface area contributed by atoms with Crippen LogP contribution in [0.5, 0.6) is 17.2 Å². The van der Waals surface area contributed by atoms with E-state index in [2.05, 4.69) is 17.0 Å². The summed E-state index contributed by atoms with van der Waals surface area (Å²) in [4.78, 5) is 33.4. The Balaban J connectivity index is 1.34. The molecule has 2 aromatic carbocycles. The molecule has 5 rings (SSSR count). The maximum absolute atomic E-state index is 13.9. The largest absolute Gasteiger partial charge is 0.496 e. The molecule has 3 aliphatic rings. The van der Waals surface area contributed by atoms with Gasteiger partial charge < -0.3 is 19.1 Å². The maximum atomic E-state index is 13.9. The predicted molar refractivity (Wildman–Crippen MR) is 145 cm³/mol. The van der Waals surface area contributed by atoms with Crippen LogP contribution in [0.15, 0.2) is 42.5 Å². The number of methoxy groups -OCH3 is 3. The second kappa shape index (κ2) is 11.2. The number of hydrogen-bond donors (Lipinski definition) is 0. The minimum absolute atomic E-state index is 0.00159. The molecule has 0 bridgehead atoms. The van der Waals surface area contributed by atoms with Crippen molar-refractivity contribution in [2.75, 3.05) is 47.5 Å². The summed E-state index contributed by atoms with van der Waals surface area (Å²) in [7, 11) is 4.91. The van der Waals surface area contributed by atoms with Crippen LogP contribution in [0.25, 0.3) is 0 Å². The van der Waals surface area contributed by atoms with Gasteiger partial charge in [0.15, 0.2) is 0 Å². The number of hydrogen-bond acceptors (Lipinski definition) is 6. The van der Waals surface area contributed by atoms with Crippen molar-refractivity contribution >= 4 is 11.9 Å². The molecule has 1 saturated carbocycles. The van der Waals surface area contributed by atoms with Crippen LogP contribution in [0.4, 0.5) is 4.79 Å². The minimum atomic E-state index is -0.764. The van der Waals surface area contributed by atoms with E-state index in [0.29, 0.717) is 68.7 Å². The van der Waals surface area contributed by atoms with Gasteiger partial charge in [0.1, 0.15) is 22.8 Å². The van der Waals surface area contributed by atoms with E-state index in [9.17, 15) is 9.59 Å². The fourth-order valence-corrected chi connectivity index (χ4v) is 6.09. The number of urea groups is 1. The van der Waals surface area contributed by atoms with Gasteiger partial charge in [0, 0.05) is 44.9 Å². The molecular formula is C30H39N3O5. The van der Waals surface area contributed by atoms with Gasteiger partial charge in [-0.2, -0.15) is 0 Å². The molecule has 38 heavy (non-hydrogen) atoms. The number of carbonyl (C=O) groups excluding carboxylic acids is 2. The van der Waals surface area contributed by atoms with Gasteiger partial charge in [0.2, 0.25) is 0 Å². The Hall–Kier alpha value is -3.26. The first-order valence-electron chi connectivity index (χ1n) is 13.7. The van der Waals surface area contributed by atoms with Crippen LogP contribution >= 0.6 is 0 Å². The van der Waals surface area contributed by atoms with Crippen LogP contribution in [-0.4, -0.2) is 79.7 Å². The Kier molecular flexibility index (Phi) is 7.79. The highest BCUT2D eigenvalue weighted by Gasteiger charge is 2.58. The van der Waals surface area contributed by atoms with Crippen molar-refractivity contribution < 1.29 is 23.8 Å². The average molecular weight is 522 g/mol. The van der Waals surface area contributed by atoms with Gasteiger partial charge in [-0.25, -0.2) is 4.79 Å². The maximum Gasteiger partial charge on any atom is 0.327 e. The molecule has 2 aliphatic heterocycles. The lowest BCUT2D eigenvalue weighted by Gasteiger charge is -2.42. The first-order valence-corrected chi connectivity index (χ1v) is 13.7. The predicted octanol–water partition coefficient (Wildman–Crippen LogP) is 4.35. The highest BCUT2D eigenvalue weighted by Crippen LogP contribution is 2.41. The molecule has 1 aliphatic carbocycles. The summed E-state index contributed by atoms with van der Waals surface area (Å²) >= 11 is 0. The third-order valence-corrected chi connectivity index (χ3v) is 8.64.